The lowest BCUT2D eigenvalue weighted by Gasteiger charge is -2.04. The first-order chi connectivity index (χ1) is 7.02. The molecule has 0 radical (unpaired) electrons. The maximum Gasteiger partial charge on any atom is 0.521 e. The molecule has 86 valence electrons. The number of carbonyl (C=O) groups excluding carboxylic acids is 2. The van der Waals surface area contributed by atoms with E-state index < -0.39 is 32.0 Å². The molecular formula is C8H14O6P+. The molecule has 0 spiro atoms. The third-order valence-corrected chi connectivity index (χ3v) is 2.42. The Morgan fingerprint density at radius 2 is 1.80 bits per heavy atom. The van der Waals surface area contributed by atoms with E-state index in [0.717, 1.165) is 0 Å². The number of ether oxygens (including phenoxy) is 2. The van der Waals surface area contributed by atoms with Gasteiger partial charge in [-0.1, -0.05) is 0 Å². The number of hydrogen-bond acceptors (Lipinski definition) is 5. The van der Waals surface area contributed by atoms with Gasteiger partial charge < -0.3 is 9.47 Å². The fourth-order valence-corrected chi connectivity index (χ4v) is 1.43. The van der Waals surface area contributed by atoms with Crippen LogP contribution in [0.15, 0.2) is 0 Å². The van der Waals surface area contributed by atoms with Crippen LogP contribution < -0.4 is 0 Å². The number of rotatable bonds is 6. The maximum atomic E-state index is 11.2. The third-order valence-electron chi connectivity index (χ3n) is 1.49. The van der Waals surface area contributed by atoms with E-state index in [9.17, 15) is 14.2 Å². The first kappa shape index (κ1) is 14.0. The largest absolute Gasteiger partial charge is 0.521 e. The molecule has 0 aliphatic rings. The summed E-state index contributed by atoms with van der Waals surface area (Å²) in [7, 11) is -2.78. The summed E-state index contributed by atoms with van der Waals surface area (Å²) < 4.78 is 19.9. The van der Waals surface area contributed by atoms with E-state index in [2.05, 4.69) is 9.47 Å². The maximum absolute atomic E-state index is 11.2. The van der Waals surface area contributed by atoms with E-state index in [0.29, 0.717) is 0 Å². The molecule has 0 fully saturated rings. The molecule has 0 rings (SSSR count). The Balaban J connectivity index is 4.34. The molecule has 15 heavy (non-hydrogen) atoms. The van der Waals surface area contributed by atoms with Crippen LogP contribution in [0.25, 0.3) is 0 Å². The summed E-state index contributed by atoms with van der Waals surface area (Å²) in [5.74, 6) is -1.54. The highest BCUT2D eigenvalue weighted by Gasteiger charge is 2.40. The van der Waals surface area contributed by atoms with Gasteiger partial charge in [0, 0.05) is 0 Å². The van der Waals surface area contributed by atoms with Gasteiger partial charge in [0.2, 0.25) is 0 Å². The van der Waals surface area contributed by atoms with Gasteiger partial charge in [0.05, 0.1) is 13.2 Å². The molecule has 0 amide bonds. The van der Waals surface area contributed by atoms with E-state index >= 15 is 0 Å². The van der Waals surface area contributed by atoms with Gasteiger partial charge in [-0.15, -0.1) is 0 Å². The van der Waals surface area contributed by atoms with Gasteiger partial charge in [0.15, 0.2) is 0 Å². The molecule has 2 unspecified atom stereocenters. The van der Waals surface area contributed by atoms with Crippen molar-refractivity contribution in [2.75, 3.05) is 13.2 Å². The topological polar surface area (TPSA) is 89.9 Å². The quantitative estimate of drug-likeness (QED) is 0.537. The molecule has 0 saturated carbocycles. The summed E-state index contributed by atoms with van der Waals surface area (Å²) in [6, 6.07) is 0. The lowest BCUT2D eigenvalue weighted by atomic mass is 10.3. The molecule has 0 saturated heterocycles. The van der Waals surface area contributed by atoms with Gasteiger partial charge >= 0.3 is 20.0 Å². The summed E-state index contributed by atoms with van der Waals surface area (Å²) in [6.45, 7) is 3.44. The fraction of sp³-hybridized carbons (Fsp3) is 0.750. The lowest BCUT2D eigenvalue weighted by Crippen LogP contribution is -2.24. The van der Waals surface area contributed by atoms with Crippen LogP contribution in [-0.4, -0.2) is 35.7 Å². The predicted octanol–water partition coefficient (Wildman–Crippen LogP) is 0.606. The summed E-state index contributed by atoms with van der Waals surface area (Å²) in [5, 5.41) is 0. The molecule has 0 aromatic heterocycles. The Bertz CT molecular complexity index is 252. The molecular weight excluding hydrogens is 223 g/mol. The molecule has 2 atom stereocenters. The van der Waals surface area contributed by atoms with Gasteiger partial charge in [-0.05, 0) is 18.4 Å². The van der Waals surface area contributed by atoms with E-state index in [1.165, 1.54) is 0 Å². The van der Waals surface area contributed by atoms with Crippen LogP contribution in [0.2, 0.25) is 0 Å². The van der Waals surface area contributed by atoms with E-state index in [4.69, 9.17) is 4.89 Å². The van der Waals surface area contributed by atoms with Crippen molar-refractivity contribution >= 4 is 20.0 Å². The monoisotopic (exact) mass is 237 g/mol. The molecule has 0 bridgehead atoms. The van der Waals surface area contributed by atoms with Crippen molar-refractivity contribution in [3.63, 3.8) is 0 Å². The van der Waals surface area contributed by atoms with Crippen LogP contribution in [0, 0.1) is 0 Å². The Labute approximate surface area is 88.4 Å². The molecule has 6 nitrogen and oxygen atoms in total. The molecule has 7 heteroatoms. The van der Waals surface area contributed by atoms with Gasteiger partial charge in [0.25, 0.3) is 5.66 Å². The Kier molecular flexibility index (Phi) is 6.83. The average Bonchev–Trinajstić information content (AvgIpc) is 2.14. The zero-order chi connectivity index (χ0) is 11.8. The second-order valence-electron chi connectivity index (χ2n) is 2.58. The second-order valence-corrected chi connectivity index (χ2v) is 3.81. The molecule has 0 aromatic carbocycles. The highest BCUT2D eigenvalue weighted by atomic mass is 31.1. The van der Waals surface area contributed by atoms with Crippen LogP contribution in [-0.2, 0) is 23.6 Å². The van der Waals surface area contributed by atoms with Crippen LogP contribution in [0.3, 0.4) is 0 Å². The predicted molar refractivity (Wildman–Crippen MR) is 51.5 cm³/mol. The van der Waals surface area contributed by atoms with Crippen molar-refractivity contribution in [3.8, 4) is 0 Å². The van der Waals surface area contributed by atoms with Crippen molar-refractivity contribution in [3.05, 3.63) is 0 Å². The first-order valence-corrected chi connectivity index (χ1v) is 5.78. The Hall–Kier alpha value is -1.00. The van der Waals surface area contributed by atoms with E-state index in [1.807, 2.05) is 0 Å². The van der Waals surface area contributed by atoms with Gasteiger partial charge in [0.1, 0.15) is 6.42 Å². The van der Waals surface area contributed by atoms with E-state index in [1.54, 1.807) is 13.8 Å². The Morgan fingerprint density at radius 1 is 1.27 bits per heavy atom. The summed E-state index contributed by atoms with van der Waals surface area (Å²) in [6.07, 6.45) is -0.432. The molecule has 1 N–H and O–H groups in total. The minimum Gasteiger partial charge on any atom is -0.466 e. The normalized spacial score (nSPS) is 12.9. The van der Waals surface area contributed by atoms with Gasteiger partial charge in [-0.2, -0.15) is 4.89 Å². The van der Waals surface area contributed by atoms with Gasteiger partial charge in [-0.25, -0.2) is 4.79 Å². The van der Waals surface area contributed by atoms with Crippen LogP contribution >= 0.6 is 8.03 Å². The summed E-state index contributed by atoms with van der Waals surface area (Å²) >= 11 is 0. The summed E-state index contributed by atoms with van der Waals surface area (Å²) in [4.78, 5) is 31.0. The van der Waals surface area contributed by atoms with Crippen LogP contribution in [0.5, 0.6) is 0 Å². The average molecular weight is 237 g/mol. The smallest absolute Gasteiger partial charge is 0.466 e. The van der Waals surface area contributed by atoms with E-state index in [-0.39, 0.29) is 13.2 Å². The first-order valence-electron chi connectivity index (χ1n) is 4.50. The van der Waals surface area contributed by atoms with Crippen molar-refractivity contribution in [2.24, 2.45) is 0 Å². The van der Waals surface area contributed by atoms with Crippen molar-refractivity contribution in [1.29, 1.82) is 0 Å². The van der Waals surface area contributed by atoms with Crippen molar-refractivity contribution in [2.45, 2.75) is 25.9 Å². The molecule has 0 aromatic rings. The lowest BCUT2D eigenvalue weighted by molar-refractivity contribution is -0.149. The molecule has 0 aliphatic carbocycles. The molecule has 0 aliphatic heterocycles. The highest BCUT2D eigenvalue weighted by molar-refractivity contribution is 7.40. The molecule has 0 heterocycles. The second kappa shape index (κ2) is 7.31. The Morgan fingerprint density at radius 3 is 2.20 bits per heavy atom. The minimum atomic E-state index is -2.78. The number of esters is 2. The van der Waals surface area contributed by atoms with Crippen molar-refractivity contribution in [1.82, 2.24) is 0 Å². The fourth-order valence-electron chi connectivity index (χ4n) is 0.868. The SMILES string of the molecule is CCOC(=O)CC(C(=O)OCC)[P+](=O)O. The number of hydrogen-bond donors (Lipinski definition) is 1. The highest BCUT2D eigenvalue weighted by Crippen LogP contribution is 2.26. The number of carbonyl (C=O) groups is 2. The zero-order valence-corrected chi connectivity index (χ0v) is 9.53. The van der Waals surface area contributed by atoms with Crippen molar-refractivity contribution < 1.29 is 28.5 Å². The standard InChI is InChI=1S/C8H13O6P/c1-3-13-7(9)5-6(15(11)12)8(10)14-4-2/h6H,3-5H2,1-2H3/p+1. The van der Waals surface area contributed by atoms with Gasteiger partial charge in [-0.3, -0.25) is 4.79 Å². The zero-order valence-electron chi connectivity index (χ0n) is 8.63. The summed E-state index contributed by atoms with van der Waals surface area (Å²) in [5.41, 5.74) is -1.33. The third kappa shape index (κ3) is 5.44. The minimum absolute atomic E-state index is 0.0985. The van der Waals surface area contributed by atoms with Crippen LogP contribution in [0.1, 0.15) is 20.3 Å². The van der Waals surface area contributed by atoms with Crippen LogP contribution in [0.4, 0.5) is 0 Å².